The van der Waals surface area contributed by atoms with Crippen molar-refractivity contribution in [3.63, 3.8) is 0 Å². The average Bonchev–Trinajstić information content (AvgIpc) is 2.36. The van der Waals surface area contributed by atoms with Crippen LogP contribution < -0.4 is 10.1 Å². The number of amides is 1. The zero-order valence-electron chi connectivity index (χ0n) is 9.97. The van der Waals surface area contributed by atoms with Crippen molar-refractivity contribution in [2.75, 3.05) is 7.05 Å². The highest BCUT2D eigenvalue weighted by molar-refractivity contribution is 5.71. The van der Waals surface area contributed by atoms with Gasteiger partial charge in [-0.2, -0.15) is 5.26 Å². The number of benzene rings is 1. The molecule has 0 fully saturated rings. The van der Waals surface area contributed by atoms with Gasteiger partial charge in [-0.25, -0.2) is 4.79 Å². The van der Waals surface area contributed by atoms with Crippen LogP contribution in [0.4, 0.5) is 4.79 Å². The summed E-state index contributed by atoms with van der Waals surface area (Å²) >= 11 is 0. The molecule has 6 nitrogen and oxygen atoms in total. The van der Waals surface area contributed by atoms with Crippen molar-refractivity contribution >= 4 is 12.1 Å². The highest BCUT2D eigenvalue weighted by Gasteiger charge is 2.19. The maximum absolute atomic E-state index is 11.1. The number of rotatable bonds is 3. The molecule has 6 heteroatoms. The van der Waals surface area contributed by atoms with Gasteiger partial charge in [0.25, 0.3) is 0 Å². The van der Waals surface area contributed by atoms with E-state index in [2.05, 4.69) is 5.32 Å². The fraction of sp³-hybridized carbons (Fsp3) is 0.250. The Morgan fingerprint density at radius 1 is 1.39 bits per heavy atom. The van der Waals surface area contributed by atoms with Crippen molar-refractivity contribution < 1.29 is 19.1 Å². The lowest BCUT2D eigenvalue weighted by atomic mass is 10.1. The van der Waals surface area contributed by atoms with Crippen LogP contribution in [0.5, 0.6) is 5.75 Å². The number of nitriles is 1. The van der Waals surface area contributed by atoms with Crippen molar-refractivity contribution in [2.45, 2.75) is 13.0 Å². The monoisotopic (exact) mass is 248 g/mol. The third-order valence-electron chi connectivity index (χ3n) is 2.01. The van der Waals surface area contributed by atoms with Gasteiger partial charge in [0.15, 0.2) is 0 Å². The fourth-order valence-corrected chi connectivity index (χ4v) is 1.27. The molecule has 0 aliphatic carbocycles. The molecule has 0 aromatic heterocycles. The van der Waals surface area contributed by atoms with Crippen molar-refractivity contribution in [3.05, 3.63) is 29.8 Å². The normalized spacial score (nSPS) is 10.9. The van der Waals surface area contributed by atoms with E-state index in [0.717, 1.165) is 0 Å². The van der Waals surface area contributed by atoms with Gasteiger partial charge in [0.2, 0.25) is 6.10 Å². The quantitative estimate of drug-likeness (QED) is 0.819. The Labute approximate surface area is 104 Å². The van der Waals surface area contributed by atoms with Crippen LogP contribution in [0.1, 0.15) is 18.6 Å². The Bertz CT molecular complexity index is 493. The minimum atomic E-state index is -1.11. The topological polar surface area (TPSA) is 88.4 Å². The SMILES string of the molecule is CNC(=O)Oc1ccccc1C(C#N)OC(C)=O. The average molecular weight is 248 g/mol. The molecule has 1 N–H and O–H groups in total. The Balaban J connectivity index is 3.03. The first-order chi connectivity index (χ1) is 8.58. The van der Waals surface area contributed by atoms with Crippen LogP contribution in [0.3, 0.4) is 0 Å². The predicted octanol–water partition coefficient (Wildman–Crippen LogP) is 1.53. The molecule has 0 bridgehead atoms. The first-order valence-electron chi connectivity index (χ1n) is 5.13. The van der Waals surface area contributed by atoms with Gasteiger partial charge >= 0.3 is 12.1 Å². The largest absolute Gasteiger partial charge is 0.442 e. The highest BCUT2D eigenvalue weighted by Crippen LogP contribution is 2.27. The Morgan fingerprint density at radius 3 is 2.61 bits per heavy atom. The summed E-state index contributed by atoms with van der Waals surface area (Å²) in [6.45, 7) is 1.20. The molecule has 94 valence electrons. The van der Waals surface area contributed by atoms with E-state index in [1.54, 1.807) is 18.2 Å². The summed E-state index contributed by atoms with van der Waals surface area (Å²) in [4.78, 5) is 22.0. The van der Waals surface area contributed by atoms with Crippen LogP contribution in [-0.2, 0) is 9.53 Å². The van der Waals surface area contributed by atoms with E-state index < -0.39 is 18.2 Å². The summed E-state index contributed by atoms with van der Waals surface area (Å²) in [5.74, 6) is -0.416. The van der Waals surface area contributed by atoms with Crippen LogP contribution in [-0.4, -0.2) is 19.1 Å². The number of para-hydroxylation sites is 1. The van der Waals surface area contributed by atoms with Crippen LogP contribution in [0.15, 0.2) is 24.3 Å². The summed E-state index contributed by atoms with van der Waals surface area (Å²) in [6, 6.07) is 8.19. The molecule has 0 spiro atoms. The number of hydrogen-bond acceptors (Lipinski definition) is 5. The molecule has 0 saturated carbocycles. The third kappa shape index (κ3) is 3.49. The number of ether oxygens (including phenoxy) is 2. The van der Waals surface area contributed by atoms with Gasteiger partial charge in [-0.15, -0.1) is 0 Å². The van der Waals surface area contributed by atoms with E-state index in [1.807, 2.05) is 6.07 Å². The Morgan fingerprint density at radius 2 is 2.06 bits per heavy atom. The summed E-state index contributed by atoms with van der Waals surface area (Å²) in [7, 11) is 1.42. The number of esters is 1. The molecule has 0 radical (unpaired) electrons. The molecular formula is C12H12N2O4. The molecule has 1 aromatic carbocycles. The molecule has 0 heterocycles. The molecule has 18 heavy (non-hydrogen) atoms. The van der Waals surface area contributed by atoms with Gasteiger partial charge in [0.05, 0.1) is 0 Å². The van der Waals surface area contributed by atoms with Crippen LogP contribution in [0, 0.1) is 11.3 Å². The van der Waals surface area contributed by atoms with Gasteiger partial charge in [-0.05, 0) is 6.07 Å². The summed E-state index contributed by atoms with van der Waals surface area (Å²) in [5.41, 5.74) is 0.318. The lowest BCUT2D eigenvalue weighted by Crippen LogP contribution is -2.23. The summed E-state index contributed by atoms with van der Waals surface area (Å²) in [5, 5.41) is 11.2. The zero-order chi connectivity index (χ0) is 13.5. The summed E-state index contributed by atoms with van der Waals surface area (Å²) in [6.07, 6.45) is -1.77. The van der Waals surface area contributed by atoms with E-state index in [9.17, 15) is 9.59 Å². The van der Waals surface area contributed by atoms with Crippen molar-refractivity contribution in [1.29, 1.82) is 5.26 Å². The molecule has 0 saturated heterocycles. The number of nitrogens with zero attached hydrogens (tertiary/aromatic N) is 1. The number of carbonyl (C=O) groups excluding carboxylic acids is 2. The van der Waals surface area contributed by atoms with Crippen molar-refractivity contribution in [3.8, 4) is 11.8 Å². The van der Waals surface area contributed by atoms with Gasteiger partial charge in [-0.3, -0.25) is 4.79 Å². The van der Waals surface area contributed by atoms with Crippen molar-refractivity contribution in [1.82, 2.24) is 5.32 Å². The maximum Gasteiger partial charge on any atom is 0.412 e. The van der Waals surface area contributed by atoms with E-state index in [4.69, 9.17) is 14.7 Å². The molecular weight excluding hydrogens is 236 g/mol. The van der Waals surface area contributed by atoms with E-state index in [-0.39, 0.29) is 5.75 Å². The molecule has 1 amide bonds. The van der Waals surface area contributed by atoms with Gasteiger partial charge in [-0.1, -0.05) is 18.2 Å². The minimum absolute atomic E-state index is 0.171. The minimum Gasteiger partial charge on any atom is -0.442 e. The number of nitrogens with one attached hydrogen (secondary N) is 1. The lowest BCUT2D eigenvalue weighted by molar-refractivity contribution is -0.144. The molecule has 0 aliphatic rings. The zero-order valence-corrected chi connectivity index (χ0v) is 9.97. The van der Waals surface area contributed by atoms with Gasteiger partial charge in [0.1, 0.15) is 11.8 Å². The molecule has 1 atom stereocenters. The Kier molecular flexibility index (Phi) is 4.69. The van der Waals surface area contributed by atoms with E-state index >= 15 is 0 Å². The fourth-order valence-electron chi connectivity index (χ4n) is 1.27. The first-order valence-corrected chi connectivity index (χ1v) is 5.13. The smallest absolute Gasteiger partial charge is 0.412 e. The standard InChI is InChI=1S/C12H12N2O4/c1-8(15)17-11(7-13)9-5-3-4-6-10(9)18-12(16)14-2/h3-6,11H,1-2H3,(H,14,16). The van der Waals surface area contributed by atoms with Crippen LogP contribution >= 0.6 is 0 Å². The molecule has 1 aromatic rings. The van der Waals surface area contributed by atoms with Crippen LogP contribution in [0.2, 0.25) is 0 Å². The summed E-state index contributed by atoms with van der Waals surface area (Å²) < 4.78 is 9.80. The Hall–Kier alpha value is -2.55. The van der Waals surface area contributed by atoms with Crippen LogP contribution in [0.25, 0.3) is 0 Å². The van der Waals surface area contributed by atoms with E-state index in [1.165, 1.54) is 20.0 Å². The van der Waals surface area contributed by atoms with Gasteiger partial charge < -0.3 is 14.8 Å². The van der Waals surface area contributed by atoms with Crippen molar-refractivity contribution in [2.24, 2.45) is 0 Å². The first kappa shape index (κ1) is 13.5. The number of hydrogen-bond donors (Lipinski definition) is 1. The molecule has 1 rings (SSSR count). The molecule has 0 aliphatic heterocycles. The highest BCUT2D eigenvalue weighted by atomic mass is 16.6. The second-order valence-electron chi connectivity index (χ2n) is 3.30. The number of carbonyl (C=O) groups is 2. The predicted molar refractivity (Wildman–Crippen MR) is 61.6 cm³/mol. The second-order valence-corrected chi connectivity index (χ2v) is 3.30. The third-order valence-corrected chi connectivity index (χ3v) is 2.01. The lowest BCUT2D eigenvalue weighted by Gasteiger charge is -2.13. The second kappa shape index (κ2) is 6.25. The molecule has 1 unspecified atom stereocenters. The maximum atomic E-state index is 11.1. The van der Waals surface area contributed by atoms with E-state index in [0.29, 0.717) is 5.56 Å². The van der Waals surface area contributed by atoms with Gasteiger partial charge in [0, 0.05) is 19.5 Å².